The second kappa shape index (κ2) is 7.48. The lowest BCUT2D eigenvalue weighted by Gasteiger charge is -2.26. The highest BCUT2D eigenvalue weighted by Gasteiger charge is 2.28. The van der Waals surface area contributed by atoms with Crippen molar-refractivity contribution in [3.63, 3.8) is 0 Å². The molecule has 0 unspecified atom stereocenters. The van der Waals surface area contributed by atoms with Gasteiger partial charge in [0.05, 0.1) is 0 Å². The Morgan fingerprint density at radius 3 is 2.05 bits per heavy atom. The summed E-state index contributed by atoms with van der Waals surface area (Å²) in [6.07, 6.45) is -0.0472. The maximum Gasteiger partial charge on any atom is 0.329 e. The number of rotatable bonds is 6. The van der Waals surface area contributed by atoms with E-state index in [1.54, 1.807) is 27.7 Å². The number of carbonyl (C=O) groups excluding carboxylic acids is 2. The molecule has 5 heteroatoms. The first-order valence-corrected chi connectivity index (χ1v) is 6.63. The van der Waals surface area contributed by atoms with E-state index in [0.717, 1.165) is 0 Å². The fourth-order valence-electron chi connectivity index (χ4n) is 1.45. The van der Waals surface area contributed by atoms with Crippen molar-refractivity contribution in [1.29, 1.82) is 0 Å². The molecule has 1 amide bonds. The predicted molar refractivity (Wildman–Crippen MR) is 73.7 cm³/mol. The molecule has 0 aliphatic carbocycles. The quantitative estimate of drug-likeness (QED) is 0.751. The van der Waals surface area contributed by atoms with Gasteiger partial charge in [0, 0.05) is 7.11 Å². The van der Waals surface area contributed by atoms with Crippen molar-refractivity contribution in [2.45, 2.75) is 65.7 Å². The summed E-state index contributed by atoms with van der Waals surface area (Å²) in [6, 6.07) is -0.635. The summed E-state index contributed by atoms with van der Waals surface area (Å²) in [7, 11) is 1.45. The number of hydrogen-bond donors (Lipinski definition) is 1. The number of hydrogen-bond acceptors (Lipinski definition) is 4. The van der Waals surface area contributed by atoms with E-state index in [9.17, 15) is 9.59 Å². The number of carbonyl (C=O) groups is 2. The number of methoxy groups -OCH3 is 1. The molecular formula is C14H27NO4. The van der Waals surface area contributed by atoms with Crippen LogP contribution in [0.5, 0.6) is 0 Å². The van der Waals surface area contributed by atoms with Crippen LogP contribution in [0.3, 0.4) is 0 Å². The van der Waals surface area contributed by atoms with E-state index in [1.807, 2.05) is 13.8 Å². The van der Waals surface area contributed by atoms with Crippen LogP contribution in [0.15, 0.2) is 0 Å². The van der Waals surface area contributed by atoms with Gasteiger partial charge in [-0.2, -0.15) is 0 Å². The fourth-order valence-corrected chi connectivity index (χ4v) is 1.45. The second-order valence-electron chi connectivity index (χ2n) is 6.10. The van der Waals surface area contributed by atoms with Gasteiger partial charge in [-0.1, -0.05) is 13.8 Å². The van der Waals surface area contributed by atoms with Crippen molar-refractivity contribution < 1.29 is 19.1 Å². The Morgan fingerprint density at radius 1 is 1.16 bits per heavy atom. The summed E-state index contributed by atoms with van der Waals surface area (Å²) < 4.78 is 10.3. The summed E-state index contributed by atoms with van der Waals surface area (Å²) in [6.45, 7) is 11.0. The van der Waals surface area contributed by atoms with Gasteiger partial charge in [-0.05, 0) is 40.0 Å². The number of amides is 1. The van der Waals surface area contributed by atoms with Crippen LogP contribution in [0.2, 0.25) is 0 Å². The van der Waals surface area contributed by atoms with E-state index in [1.165, 1.54) is 7.11 Å². The van der Waals surface area contributed by atoms with Gasteiger partial charge in [-0.15, -0.1) is 0 Å². The molecule has 0 aromatic heterocycles. The summed E-state index contributed by atoms with van der Waals surface area (Å²) >= 11 is 0. The van der Waals surface area contributed by atoms with E-state index in [-0.39, 0.29) is 11.8 Å². The van der Waals surface area contributed by atoms with Crippen molar-refractivity contribution in [3.05, 3.63) is 0 Å². The number of ether oxygens (including phenoxy) is 2. The predicted octanol–water partition coefficient (Wildman–Crippen LogP) is 1.89. The second-order valence-corrected chi connectivity index (χ2v) is 6.10. The molecule has 0 rings (SSSR count). The van der Waals surface area contributed by atoms with Crippen molar-refractivity contribution in [3.8, 4) is 0 Å². The van der Waals surface area contributed by atoms with Gasteiger partial charge >= 0.3 is 5.97 Å². The van der Waals surface area contributed by atoms with Crippen LogP contribution in [0, 0.1) is 5.92 Å². The molecule has 0 aliphatic rings. The molecule has 0 aromatic rings. The maximum atomic E-state index is 12.1. The van der Waals surface area contributed by atoms with Crippen LogP contribution >= 0.6 is 0 Å². The van der Waals surface area contributed by atoms with Crippen LogP contribution in [0.4, 0.5) is 0 Å². The van der Waals surface area contributed by atoms with Crippen LogP contribution in [0.1, 0.15) is 48.0 Å². The highest BCUT2D eigenvalue weighted by molar-refractivity contribution is 5.86. The Morgan fingerprint density at radius 2 is 1.68 bits per heavy atom. The Bertz CT molecular complexity index is 307. The Kier molecular flexibility index (Phi) is 7.05. The molecule has 0 aromatic carbocycles. The lowest BCUT2D eigenvalue weighted by atomic mass is 10.0. The summed E-state index contributed by atoms with van der Waals surface area (Å²) in [5.41, 5.74) is -0.566. The molecule has 0 spiro atoms. The third-order valence-electron chi connectivity index (χ3n) is 2.44. The molecular weight excluding hydrogens is 246 g/mol. The minimum Gasteiger partial charge on any atom is -0.458 e. The first kappa shape index (κ1) is 17.9. The van der Waals surface area contributed by atoms with E-state index in [2.05, 4.69) is 5.32 Å². The highest BCUT2D eigenvalue weighted by atomic mass is 16.6. The van der Waals surface area contributed by atoms with Crippen LogP contribution in [-0.4, -0.2) is 36.7 Å². The number of esters is 1. The minimum absolute atomic E-state index is 0.274. The largest absolute Gasteiger partial charge is 0.458 e. The fraction of sp³-hybridized carbons (Fsp3) is 0.857. The van der Waals surface area contributed by atoms with Crippen molar-refractivity contribution in [1.82, 2.24) is 5.32 Å². The third-order valence-corrected chi connectivity index (χ3v) is 2.44. The van der Waals surface area contributed by atoms with Crippen LogP contribution in [0.25, 0.3) is 0 Å². The van der Waals surface area contributed by atoms with Crippen LogP contribution in [-0.2, 0) is 19.1 Å². The Balaban J connectivity index is 4.72. The monoisotopic (exact) mass is 273 g/mol. The zero-order valence-electron chi connectivity index (χ0n) is 13.1. The van der Waals surface area contributed by atoms with Crippen molar-refractivity contribution >= 4 is 11.9 Å². The van der Waals surface area contributed by atoms with Gasteiger partial charge in [0.15, 0.2) is 0 Å². The van der Waals surface area contributed by atoms with Crippen LogP contribution < -0.4 is 5.32 Å². The van der Waals surface area contributed by atoms with Crippen molar-refractivity contribution in [2.75, 3.05) is 7.11 Å². The molecule has 5 nitrogen and oxygen atoms in total. The minimum atomic E-state index is -0.635. The Hall–Kier alpha value is -1.10. The van der Waals surface area contributed by atoms with E-state index >= 15 is 0 Å². The van der Waals surface area contributed by atoms with E-state index in [0.29, 0.717) is 6.42 Å². The average Bonchev–Trinajstić information content (AvgIpc) is 2.23. The zero-order valence-corrected chi connectivity index (χ0v) is 13.1. The van der Waals surface area contributed by atoms with Gasteiger partial charge in [0.25, 0.3) is 0 Å². The average molecular weight is 273 g/mol. The molecule has 0 saturated heterocycles. The van der Waals surface area contributed by atoms with E-state index < -0.39 is 23.7 Å². The molecule has 0 heterocycles. The zero-order chi connectivity index (χ0) is 15.2. The molecule has 19 heavy (non-hydrogen) atoms. The molecule has 1 N–H and O–H groups in total. The molecule has 0 fully saturated rings. The molecule has 2 atom stereocenters. The topological polar surface area (TPSA) is 64.6 Å². The number of nitrogens with one attached hydrogen (secondary N) is 1. The van der Waals surface area contributed by atoms with Gasteiger partial charge in [-0.3, -0.25) is 4.79 Å². The first-order chi connectivity index (χ1) is 8.56. The van der Waals surface area contributed by atoms with E-state index in [4.69, 9.17) is 9.47 Å². The molecule has 0 radical (unpaired) electrons. The lowest BCUT2D eigenvalue weighted by molar-refractivity contribution is -0.159. The van der Waals surface area contributed by atoms with Crippen molar-refractivity contribution in [2.24, 2.45) is 5.92 Å². The standard InChI is InChI=1S/C14H27NO4/c1-9(2)8-11(13(17)19-14(4,5)6)15-12(16)10(3)18-7/h9-11H,8H2,1-7H3,(H,15,16)/t10-,11+/m0/s1. The summed E-state index contributed by atoms with van der Waals surface area (Å²) in [5.74, 6) is -0.437. The van der Waals surface area contributed by atoms with Gasteiger partial charge < -0.3 is 14.8 Å². The smallest absolute Gasteiger partial charge is 0.329 e. The first-order valence-electron chi connectivity index (χ1n) is 6.63. The molecule has 112 valence electrons. The van der Waals surface area contributed by atoms with Gasteiger partial charge in [0.1, 0.15) is 17.7 Å². The lowest BCUT2D eigenvalue weighted by Crippen LogP contribution is -2.48. The maximum absolute atomic E-state index is 12.1. The molecule has 0 bridgehead atoms. The normalized spacial score (nSPS) is 14.9. The Labute approximate surface area is 116 Å². The van der Waals surface area contributed by atoms with Gasteiger partial charge in [-0.25, -0.2) is 4.79 Å². The summed E-state index contributed by atoms with van der Waals surface area (Å²) in [5, 5.41) is 2.68. The third kappa shape index (κ3) is 7.82. The van der Waals surface area contributed by atoms with Gasteiger partial charge in [0.2, 0.25) is 5.91 Å². The SMILES string of the molecule is CO[C@@H](C)C(=O)N[C@H](CC(C)C)C(=O)OC(C)(C)C. The molecule has 0 saturated carbocycles. The summed E-state index contributed by atoms with van der Waals surface area (Å²) in [4.78, 5) is 23.9. The highest BCUT2D eigenvalue weighted by Crippen LogP contribution is 2.13. The molecule has 0 aliphatic heterocycles.